The second-order valence-corrected chi connectivity index (χ2v) is 2.50. The number of hydrogen-bond acceptors (Lipinski definition) is 2. The number of H-pyrrole nitrogens is 1. The van der Waals surface area contributed by atoms with Gasteiger partial charge >= 0.3 is 0 Å². The summed E-state index contributed by atoms with van der Waals surface area (Å²) in [6, 6.07) is 0.237. The monoisotopic (exact) mass is 163 g/mol. The lowest BCUT2D eigenvalue weighted by molar-refractivity contribution is 0.593. The van der Waals surface area contributed by atoms with Crippen molar-refractivity contribution in [2.45, 2.75) is 19.9 Å². The van der Waals surface area contributed by atoms with Gasteiger partial charge in [-0.15, -0.1) is 5.92 Å². The summed E-state index contributed by atoms with van der Waals surface area (Å²) in [7, 11) is 0. The Bertz CT molecular complexity index is 266. The van der Waals surface area contributed by atoms with Crippen molar-refractivity contribution in [3.05, 3.63) is 18.2 Å². The molecule has 1 aromatic rings. The van der Waals surface area contributed by atoms with Crippen LogP contribution in [0.4, 0.5) is 0 Å². The van der Waals surface area contributed by atoms with E-state index in [0.717, 1.165) is 5.82 Å². The zero-order valence-electron chi connectivity index (χ0n) is 7.39. The molecule has 0 radical (unpaired) electrons. The van der Waals surface area contributed by atoms with Crippen LogP contribution < -0.4 is 5.32 Å². The molecule has 64 valence electrons. The van der Waals surface area contributed by atoms with Crippen LogP contribution >= 0.6 is 0 Å². The summed E-state index contributed by atoms with van der Waals surface area (Å²) in [4.78, 5) is 7.17. The van der Waals surface area contributed by atoms with Crippen LogP contribution in [0, 0.1) is 11.8 Å². The summed E-state index contributed by atoms with van der Waals surface area (Å²) in [6.07, 6.45) is 3.57. The van der Waals surface area contributed by atoms with Crippen molar-refractivity contribution in [1.29, 1.82) is 0 Å². The van der Waals surface area contributed by atoms with Gasteiger partial charge in [0.25, 0.3) is 0 Å². The van der Waals surface area contributed by atoms with E-state index >= 15 is 0 Å². The Hall–Kier alpha value is -1.27. The molecule has 0 saturated heterocycles. The maximum Gasteiger partial charge on any atom is 0.122 e. The summed E-state index contributed by atoms with van der Waals surface area (Å²) < 4.78 is 0. The molecule has 1 unspecified atom stereocenters. The maximum absolute atomic E-state index is 4.13. The second kappa shape index (κ2) is 4.58. The van der Waals surface area contributed by atoms with Crippen molar-refractivity contribution in [2.24, 2.45) is 0 Å². The Kier molecular flexibility index (Phi) is 3.36. The highest BCUT2D eigenvalue weighted by Crippen LogP contribution is 2.03. The molecule has 1 rings (SSSR count). The number of rotatable bonds is 3. The minimum atomic E-state index is 0.237. The van der Waals surface area contributed by atoms with Crippen molar-refractivity contribution in [2.75, 3.05) is 6.54 Å². The van der Waals surface area contributed by atoms with Crippen molar-refractivity contribution in [3.63, 3.8) is 0 Å². The van der Waals surface area contributed by atoms with Gasteiger partial charge in [-0.2, -0.15) is 0 Å². The first-order chi connectivity index (χ1) is 5.84. The van der Waals surface area contributed by atoms with Crippen LogP contribution in [0.1, 0.15) is 25.7 Å². The number of aromatic amines is 1. The molecule has 1 heterocycles. The number of aromatic nitrogens is 2. The van der Waals surface area contributed by atoms with Crippen LogP contribution in [0.25, 0.3) is 0 Å². The minimum absolute atomic E-state index is 0.237. The quantitative estimate of drug-likeness (QED) is 0.655. The largest absolute Gasteiger partial charge is 0.347 e. The van der Waals surface area contributed by atoms with E-state index in [1.807, 2.05) is 13.1 Å². The third-order valence-electron chi connectivity index (χ3n) is 1.60. The SMILES string of the molecule is CC#CCNC(C)c1ncc[nH]1. The van der Waals surface area contributed by atoms with Crippen LogP contribution in [-0.2, 0) is 0 Å². The molecule has 0 spiro atoms. The molecule has 3 nitrogen and oxygen atoms in total. The highest BCUT2D eigenvalue weighted by molar-refractivity contribution is 5.00. The Labute approximate surface area is 72.6 Å². The number of nitrogens with zero attached hydrogens (tertiary/aromatic N) is 1. The predicted molar refractivity (Wildman–Crippen MR) is 48.5 cm³/mol. The van der Waals surface area contributed by atoms with Gasteiger partial charge in [0.15, 0.2) is 0 Å². The first-order valence-electron chi connectivity index (χ1n) is 3.97. The van der Waals surface area contributed by atoms with E-state index < -0.39 is 0 Å². The lowest BCUT2D eigenvalue weighted by Gasteiger charge is -2.07. The van der Waals surface area contributed by atoms with E-state index in [1.165, 1.54) is 0 Å². The Morgan fingerprint density at radius 3 is 3.17 bits per heavy atom. The van der Waals surface area contributed by atoms with E-state index in [9.17, 15) is 0 Å². The van der Waals surface area contributed by atoms with Crippen molar-refractivity contribution >= 4 is 0 Å². The van der Waals surface area contributed by atoms with Gasteiger partial charge < -0.3 is 4.98 Å². The molecule has 0 aliphatic heterocycles. The Balaban J connectivity index is 2.37. The van der Waals surface area contributed by atoms with E-state index in [-0.39, 0.29) is 6.04 Å². The first kappa shape index (κ1) is 8.82. The molecule has 2 N–H and O–H groups in total. The molecule has 0 aliphatic carbocycles. The fraction of sp³-hybridized carbons (Fsp3) is 0.444. The highest BCUT2D eigenvalue weighted by Gasteiger charge is 2.03. The van der Waals surface area contributed by atoms with Crippen LogP contribution in [-0.4, -0.2) is 16.5 Å². The molecular weight excluding hydrogens is 150 g/mol. The van der Waals surface area contributed by atoms with Crippen LogP contribution in [0.3, 0.4) is 0 Å². The summed E-state index contributed by atoms with van der Waals surface area (Å²) in [5.74, 6) is 6.72. The highest BCUT2D eigenvalue weighted by atomic mass is 15.0. The van der Waals surface area contributed by atoms with Gasteiger partial charge in [0.2, 0.25) is 0 Å². The summed E-state index contributed by atoms with van der Waals surface area (Å²) in [6.45, 7) is 4.59. The van der Waals surface area contributed by atoms with Gasteiger partial charge in [-0.3, -0.25) is 5.32 Å². The molecule has 0 aliphatic rings. The first-order valence-corrected chi connectivity index (χ1v) is 3.97. The Morgan fingerprint density at radius 2 is 2.58 bits per heavy atom. The van der Waals surface area contributed by atoms with Gasteiger partial charge in [0.05, 0.1) is 12.6 Å². The number of imidazole rings is 1. The average molecular weight is 163 g/mol. The molecule has 0 fully saturated rings. The molecule has 12 heavy (non-hydrogen) atoms. The predicted octanol–water partition coefficient (Wildman–Crippen LogP) is 1.08. The molecule has 1 aromatic heterocycles. The third kappa shape index (κ3) is 2.40. The zero-order valence-corrected chi connectivity index (χ0v) is 7.39. The molecule has 0 aromatic carbocycles. The normalized spacial score (nSPS) is 11.8. The van der Waals surface area contributed by atoms with Gasteiger partial charge in [0, 0.05) is 12.4 Å². The second-order valence-electron chi connectivity index (χ2n) is 2.50. The molecule has 0 bridgehead atoms. The third-order valence-corrected chi connectivity index (χ3v) is 1.60. The lowest BCUT2D eigenvalue weighted by atomic mass is 10.3. The molecular formula is C9H13N3. The molecule has 0 amide bonds. The van der Waals surface area contributed by atoms with Crippen LogP contribution in [0.2, 0.25) is 0 Å². The van der Waals surface area contributed by atoms with Gasteiger partial charge in [-0.05, 0) is 13.8 Å². The topological polar surface area (TPSA) is 40.7 Å². The minimum Gasteiger partial charge on any atom is -0.347 e. The average Bonchev–Trinajstić information content (AvgIpc) is 2.56. The van der Waals surface area contributed by atoms with Gasteiger partial charge in [-0.1, -0.05) is 5.92 Å². The fourth-order valence-electron chi connectivity index (χ4n) is 0.903. The summed E-state index contributed by atoms with van der Waals surface area (Å²) >= 11 is 0. The molecule has 3 heteroatoms. The lowest BCUT2D eigenvalue weighted by Crippen LogP contribution is -2.19. The van der Waals surface area contributed by atoms with E-state index in [2.05, 4.69) is 34.0 Å². The zero-order chi connectivity index (χ0) is 8.81. The van der Waals surface area contributed by atoms with Crippen molar-refractivity contribution < 1.29 is 0 Å². The van der Waals surface area contributed by atoms with Crippen molar-refractivity contribution in [3.8, 4) is 11.8 Å². The molecule has 1 atom stereocenters. The van der Waals surface area contributed by atoms with E-state index in [0.29, 0.717) is 6.54 Å². The number of hydrogen-bond donors (Lipinski definition) is 2. The smallest absolute Gasteiger partial charge is 0.122 e. The standard InChI is InChI=1S/C9H13N3/c1-3-4-5-10-8(2)9-11-6-7-12-9/h6-8,10H,5H2,1-2H3,(H,11,12). The van der Waals surface area contributed by atoms with Crippen molar-refractivity contribution in [1.82, 2.24) is 15.3 Å². The molecule has 0 saturated carbocycles. The summed E-state index contributed by atoms with van der Waals surface area (Å²) in [5.41, 5.74) is 0. The number of nitrogens with one attached hydrogen (secondary N) is 2. The fourth-order valence-corrected chi connectivity index (χ4v) is 0.903. The van der Waals surface area contributed by atoms with E-state index in [4.69, 9.17) is 0 Å². The van der Waals surface area contributed by atoms with Crippen LogP contribution in [0.15, 0.2) is 12.4 Å². The summed E-state index contributed by atoms with van der Waals surface area (Å²) in [5, 5.41) is 3.22. The maximum atomic E-state index is 4.13. The van der Waals surface area contributed by atoms with Crippen LogP contribution in [0.5, 0.6) is 0 Å². The van der Waals surface area contributed by atoms with E-state index in [1.54, 1.807) is 6.20 Å². The van der Waals surface area contributed by atoms with Gasteiger partial charge in [0.1, 0.15) is 5.82 Å². The Morgan fingerprint density at radius 1 is 1.75 bits per heavy atom. The van der Waals surface area contributed by atoms with Gasteiger partial charge in [-0.25, -0.2) is 4.98 Å².